The van der Waals surface area contributed by atoms with E-state index in [0.717, 1.165) is 18.5 Å². The number of rotatable bonds is 4. The summed E-state index contributed by atoms with van der Waals surface area (Å²) in [4.78, 5) is 5.22. The zero-order chi connectivity index (χ0) is 13.8. The van der Waals surface area contributed by atoms with Gasteiger partial charge in [0.05, 0.1) is 0 Å². The molecule has 2 aliphatic rings. The van der Waals surface area contributed by atoms with Crippen LogP contribution in [0.2, 0.25) is 0 Å². The molecule has 2 atom stereocenters. The number of piperazine rings is 1. The SMILES string of the molecule is CC1CCNC1CN1CCN(Cc2ccccc2)CC1. The minimum atomic E-state index is 0.718. The van der Waals surface area contributed by atoms with Gasteiger partial charge in [-0.1, -0.05) is 37.3 Å². The molecule has 1 N–H and O–H groups in total. The van der Waals surface area contributed by atoms with Gasteiger partial charge in [0, 0.05) is 45.3 Å². The molecule has 3 heteroatoms. The fourth-order valence-corrected chi connectivity index (χ4v) is 3.39. The molecule has 1 aromatic carbocycles. The molecular formula is C17H27N3. The van der Waals surface area contributed by atoms with E-state index in [4.69, 9.17) is 0 Å². The number of nitrogens with zero attached hydrogens (tertiary/aromatic N) is 2. The van der Waals surface area contributed by atoms with Gasteiger partial charge in [0.1, 0.15) is 0 Å². The van der Waals surface area contributed by atoms with Crippen molar-refractivity contribution in [2.24, 2.45) is 5.92 Å². The normalized spacial score (nSPS) is 28.9. The van der Waals surface area contributed by atoms with Crippen LogP contribution in [0.4, 0.5) is 0 Å². The fourth-order valence-electron chi connectivity index (χ4n) is 3.39. The quantitative estimate of drug-likeness (QED) is 0.902. The first-order valence-corrected chi connectivity index (χ1v) is 8.03. The molecule has 1 aromatic rings. The first-order chi connectivity index (χ1) is 9.81. The molecule has 20 heavy (non-hydrogen) atoms. The van der Waals surface area contributed by atoms with Gasteiger partial charge in [-0.25, -0.2) is 0 Å². The van der Waals surface area contributed by atoms with Crippen LogP contribution in [0.1, 0.15) is 18.9 Å². The van der Waals surface area contributed by atoms with E-state index >= 15 is 0 Å². The average Bonchev–Trinajstić information content (AvgIpc) is 2.88. The van der Waals surface area contributed by atoms with Gasteiger partial charge in [-0.05, 0) is 24.4 Å². The summed E-state index contributed by atoms with van der Waals surface area (Å²) in [7, 11) is 0. The summed E-state index contributed by atoms with van der Waals surface area (Å²) in [6.45, 7) is 10.8. The molecule has 110 valence electrons. The molecule has 3 rings (SSSR count). The summed E-state index contributed by atoms with van der Waals surface area (Å²) in [6.07, 6.45) is 1.35. The Bertz CT molecular complexity index is 398. The van der Waals surface area contributed by atoms with Crippen LogP contribution in [0, 0.1) is 5.92 Å². The summed E-state index contributed by atoms with van der Waals surface area (Å²) >= 11 is 0. The third kappa shape index (κ3) is 3.60. The van der Waals surface area contributed by atoms with Crippen LogP contribution in [0.15, 0.2) is 30.3 Å². The van der Waals surface area contributed by atoms with Crippen LogP contribution in [0.5, 0.6) is 0 Å². The maximum absolute atomic E-state index is 3.65. The molecule has 3 nitrogen and oxygen atoms in total. The van der Waals surface area contributed by atoms with E-state index in [1.165, 1.54) is 51.3 Å². The van der Waals surface area contributed by atoms with Gasteiger partial charge in [-0.15, -0.1) is 0 Å². The Hall–Kier alpha value is -0.900. The van der Waals surface area contributed by atoms with Crippen LogP contribution in [-0.4, -0.2) is 55.1 Å². The Morgan fingerprint density at radius 2 is 1.75 bits per heavy atom. The molecule has 0 saturated carbocycles. The number of hydrogen-bond donors (Lipinski definition) is 1. The van der Waals surface area contributed by atoms with Crippen molar-refractivity contribution in [3.05, 3.63) is 35.9 Å². The van der Waals surface area contributed by atoms with Crippen LogP contribution in [-0.2, 0) is 6.54 Å². The highest BCUT2D eigenvalue weighted by molar-refractivity contribution is 5.14. The lowest BCUT2D eigenvalue weighted by molar-refractivity contribution is 0.116. The summed E-state index contributed by atoms with van der Waals surface area (Å²) in [6, 6.07) is 11.6. The topological polar surface area (TPSA) is 18.5 Å². The maximum Gasteiger partial charge on any atom is 0.0234 e. The molecule has 0 aromatic heterocycles. The van der Waals surface area contributed by atoms with Crippen molar-refractivity contribution in [2.45, 2.75) is 25.9 Å². The van der Waals surface area contributed by atoms with E-state index in [1.807, 2.05) is 0 Å². The van der Waals surface area contributed by atoms with Crippen LogP contribution in [0.3, 0.4) is 0 Å². The van der Waals surface area contributed by atoms with Crippen molar-refractivity contribution in [2.75, 3.05) is 39.3 Å². The Morgan fingerprint density at radius 1 is 1.05 bits per heavy atom. The first-order valence-electron chi connectivity index (χ1n) is 8.03. The average molecular weight is 273 g/mol. The standard InChI is InChI=1S/C17H27N3/c1-15-7-8-18-17(15)14-20-11-9-19(10-12-20)13-16-5-3-2-4-6-16/h2-6,15,17-18H,7-14H2,1H3. The fraction of sp³-hybridized carbons (Fsp3) is 0.647. The van der Waals surface area contributed by atoms with Gasteiger partial charge in [-0.3, -0.25) is 9.80 Å². The number of benzene rings is 1. The van der Waals surface area contributed by atoms with Crippen LogP contribution in [0.25, 0.3) is 0 Å². The number of nitrogens with one attached hydrogen (secondary N) is 1. The van der Waals surface area contributed by atoms with Gasteiger partial charge < -0.3 is 5.32 Å². The van der Waals surface area contributed by atoms with Gasteiger partial charge >= 0.3 is 0 Å². The zero-order valence-corrected chi connectivity index (χ0v) is 12.6. The van der Waals surface area contributed by atoms with Gasteiger partial charge in [0.2, 0.25) is 0 Å². The summed E-state index contributed by atoms with van der Waals surface area (Å²) in [5.41, 5.74) is 1.44. The Balaban J connectivity index is 1.43. The van der Waals surface area contributed by atoms with E-state index in [-0.39, 0.29) is 0 Å². The summed E-state index contributed by atoms with van der Waals surface area (Å²) in [5, 5.41) is 3.65. The van der Waals surface area contributed by atoms with E-state index < -0.39 is 0 Å². The predicted octanol–water partition coefficient (Wildman–Crippen LogP) is 1.80. The van der Waals surface area contributed by atoms with Crippen molar-refractivity contribution < 1.29 is 0 Å². The minimum Gasteiger partial charge on any atom is -0.312 e. The molecule has 0 radical (unpaired) electrons. The third-order valence-corrected chi connectivity index (χ3v) is 4.86. The maximum atomic E-state index is 3.65. The van der Waals surface area contributed by atoms with Gasteiger partial charge in [0.25, 0.3) is 0 Å². The van der Waals surface area contributed by atoms with Crippen molar-refractivity contribution in [1.82, 2.24) is 15.1 Å². The Labute approximate surface area is 123 Å². The highest BCUT2D eigenvalue weighted by atomic mass is 15.3. The van der Waals surface area contributed by atoms with E-state index in [1.54, 1.807) is 0 Å². The lowest BCUT2D eigenvalue weighted by Crippen LogP contribution is -2.50. The molecule has 2 aliphatic heterocycles. The van der Waals surface area contributed by atoms with Gasteiger partial charge in [-0.2, -0.15) is 0 Å². The van der Waals surface area contributed by atoms with Crippen molar-refractivity contribution >= 4 is 0 Å². The molecule has 0 spiro atoms. The Kier molecular flexibility index (Phi) is 4.71. The molecule has 0 aliphatic carbocycles. The molecule has 2 saturated heterocycles. The largest absolute Gasteiger partial charge is 0.312 e. The summed E-state index contributed by atoms with van der Waals surface area (Å²) in [5.74, 6) is 0.845. The van der Waals surface area contributed by atoms with Crippen molar-refractivity contribution in [3.8, 4) is 0 Å². The zero-order valence-electron chi connectivity index (χ0n) is 12.6. The monoisotopic (exact) mass is 273 g/mol. The lowest BCUT2D eigenvalue weighted by Gasteiger charge is -2.36. The van der Waals surface area contributed by atoms with Crippen molar-refractivity contribution in [3.63, 3.8) is 0 Å². The Morgan fingerprint density at radius 3 is 2.40 bits per heavy atom. The predicted molar refractivity (Wildman–Crippen MR) is 83.7 cm³/mol. The molecular weight excluding hydrogens is 246 g/mol. The number of hydrogen-bond acceptors (Lipinski definition) is 3. The lowest BCUT2D eigenvalue weighted by atomic mass is 10.0. The minimum absolute atomic E-state index is 0.718. The second kappa shape index (κ2) is 6.70. The second-order valence-corrected chi connectivity index (χ2v) is 6.39. The van der Waals surface area contributed by atoms with Gasteiger partial charge in [0.15, 0.2) is 0 Å². The molecule has 0 amide bonds. The third-order valence-electron chi connectivity index (χ3n) is 4.86. The molecule has 0 bridgehead atoms. The van der Waals surface area contributed by atoms with E-state index in [9.17, 15) is 0 Å². The van der Waals surface area contributed by atoms with Crippen molar-refractivity contribution in [1.29, 1.82) is 0 Å². The van der Waals surface area contributed by atoms with E-state index in [0.29, 0.717) is 0 Å². The first kappa shape index (κ1) is 14.1. The molecule has 2 fully saturated rings. The highest BCUT2D eigenvalue weighted by Crippen LogP contribution is 2.16. The molecule has 2 unspecified atom stereocenters. The van der Waals surface area contributed by atoms with E-state index in [2.05, 4.69) is 52.4 Å². The highest BCUT2D eigenvalue weighted by Gasteiger charge is 2.26. The molecule has 2 heterocycles. The second-order valence-electron chi connectivity index (χ2n) is 6.39. The van der Waals surface area contributed by atoms with Crippen LogP contribution < -0.4 is 5.32 Å². The summed E-state index contributed by atoms with van der Waals surface area (Å²) < 4.78 is 0. The van der Waals surface area contributed by atoms with Crippen LogP contribution >= 0.6 is 0 Å². The smallest absolute Gasteiger partial charge is 0.0234 e.